The lowest BCUT2D eigenvalue weighted by Crippen LogP contribution is -2.09. The van der Waals surface area contributed by atoms with Gasteiger partial charge in [-0.25, -0.2) is 0 Å². The van der Waals surface area contributed by atoms with E-state index in [0.717, 1.165) is 0 Å². The van der Waals surface area contributed by atoms with Crippen molar-refractivity contribution in [3.8, 4) is 0 Å². The summed E-state index contributed by atoms with van der Waals surface area (Å²) in [5.74, 6) is 0. The third-order valence-corrected chi connectivity index (χ3v) is 10.8. The first-order valence-corrected chi connectivity index (χ1v) is 14.5. The maximum atomic E-state index is 2.33. The molecule has 0 spiro atoms. The first-order chi connectivity index (χ1) is 15.4. The molecule has 2 atom stereocenters. The average Bonchev–Trinajstić information content (AvgIpc) is 2.85. The molecule has 0 saturated carbocycles. The van der Waals surface area contributed by atoms with Crippen molar-refractivity contribution in [3.05, 3.63) is 132 Å². The second-order valence-corrected chi connectivity index (χ2v) is 12.6. The van der Waals surface area contributed by atoms with Crippen LogP contribution in [0.25, 0.3) is 0 Å². The summed E-state index contributed by atoms with van der Waals surface area (Å²) in [4.78, 5) is 0. The van der Waals surface area contributed by atoms with Gasteiger partial charge in [-0.2, -0.15) is 0 Å². The second-order valence-electron chi connectivity index (χ2n) is 7.84. The van der Waals surface area contributed by atoms with E-state index in [9.17, 15) is 0 Å². The van der Waals surface area contributed by atoms with E-state index < -0.39 is 0 Å². The van der Waals surface area contributed by atoms with Crippen molar-refractivity contribution in [1.82, 2.24) is 0 Å². The first kappa shape index (κ1) is 22.0. The summed E-state index contributed by atoms with van der Waals surface area (Å²) in [6, 6.07) is 44.4. The van der Waals surface area contributed by atoms with Crippen molar-refractivity contribution in [2.75, 3.05) is 12.3 Å². The van der Waals surface area contributed by atoms with E-state index in [1.807, 2.05) is 0 Å². The van der Waals surface area contributed by atoms with E-state index in [-0.39, 0.29) is 15.8 Å². The minimum atomic E-state index is -0.181. The largest absolute Gasteiger partial charge is 0.0708 e. The van der Waals surface area contributed by atoms with Crippen LogP contribution in [0.5, 0.6) is 0 Å². The van der Waals surface area contributed by atoms with Gasteiger partial charge in [0, 0.05) is 0 Å². The van der Waals surface area contributed by atoms with Crippen LogP contribution in [0.1, 0.15) is 17.5 Å². The SMILES string of the molecule is c1ccc(C[P@](CCC[P@@](Cc2ccccc2)c2ccccc2)c2ccccc2)cc1. The van der Waals surface area contributed by atoms with Gasteiger partial charge in [-0.05, 0) is 52.8 Å². The summed E-state index contributed by atoms with van der Waals surface area (Å²) < 4.78 is 0. The quantitative estimate of drug-likeness (QED) is 0.226. The highest BCUT2D eigenvalue weighted by Crippen LogP contribution is 2.44. The molecule has 0 aliphatic heterocycles. The number of rotatable bonds is 10. The molecular formula is C29H30P2. The van der Waals surface area contributed by atoms with Crippen LogP contribution in [0.2, 0.25) is 0 Å². The minimum absolute atomic E-state index is 0.181. The molecule has 2 heteroatoms. The smallest absolute Gasteiger partial charge is 0.00328 e. The zero-order chi connectivity index (χ0) is 21.1. The molecule has 0 nitrogen and oxygen atoms in total. The summed E-state index contributed by atoms with van der Waals surface area (Å²) >= 11 is 0. The molecule has 0 saturated heterocycles. The predicted octanol–water partition coefficient (Wildman–Crippen LogP) is 7.39. The average molecular weight is 441 g/mol. The normalized spacial score (nSPS) is 12.9. The fourth-order valence-corrected chi connectivity index (χ4v) is 8.95. The van der Waals surface area contributed by atoms with Crippen LogP contribution in [-0.2, 0) is 12.3 Å². The molecule has 4 aromatic rings. The van der Waals surface area contributed by atoms with Gasteiger partial charge in [0.1, 0.15) is 0 Å². The topological polar surface area (TPSA) is 0 Å². The number of hydrogen-bond donors (Lipinski definition) is 0. The Morgan fingerprint density at radius 2 is 0.710 bits per heavy atom. The van der Waals surface area contributed by atoms with Gasteiger partial charge in [-0.15, -0.1) is 0 Å². The van der Waals surface area contributed by atoms with Gasteiger partial charge in [0.15, 0.2) is 0 Å². The lowest BCUT2D eigenvalue weighted by molar-refractivity contribution is 1.09. The van der Waals surface area contributed by atoms with Crippen molar-refractivity contribution in [1.29, 1.82) is 0 Å². The Bertz CT molecular complexity index is 917. The van der Waals surface area contributed by atoms with E-state index >= 15 is 0 Å². The fraction of sp³-hybridized carbons (Fsp3) is 0.172. The highest BCUT2D eigenvalue weighted by Gasteiger charge is 2.15. The maximum Gasteiger partial charge on any atom is -0.00328 e. The monoisotopic (exact) mass is 440 g/mol. The van der Waals surface area contributed by atoms with Gasteiger partial charge in [0.05, 0.1) is 0 Å². The van der Waals surface area contributed by atoms with Crippen LogP contribution in [0.15, 0.2) is 121 Å². The summed E-state index contributed by atoms with van der Waals surface area (Å²) in [7, 11) is -0.361. The zero-order valence-electron chi connectivity index (χ0n) is 18.0. The number of benzene rings is 4. The van der Waals surface area contributed by atoms with Crippen LogP contribution in [0.3, 0.4) is 0 Å². The van der Waals surface area contributed by atoms with E-state index in [1.54, 1.807) is 0 Å². The van der Waals surface area contributed by atoms with Crippen molar-refractivity contribution in [2.45, 2.75) is 18.7 Å². The Hall–Kier alpha value is -2.26. The fourth-order valence-electron chi connectivity index (χ4n) is 3.94. The maximum absolute atomic E-state index is 2.33. The van der Waals surface area contributed by atoms with Gasteiger partial charge in [-0.1, -0.05) is 137 Å². The molecule has 0 radical (unpaired) electrons. The van der Waals surface area contributed by atoms with E-state index in [2.05, 4.69) is 121 Å². The molecule has 0 N–H and O–H groups in total. The van der Waals surface area contributed by atoms with Gasteiger partial charge in [-0.3, -0.25) is 0 Å². The summed E-state index contributed by atoms with van der Waals surface area (Å²) in [5, 5.41) is 3.07. The molecule has 0 unspecified atom stereocenters. The van der Waals surface area contributed by atoms with Crippen molar-refractivity contribution >= 4 is 26.5 Å². The molecule has 0 aliphatic rings. The third-order valence-electron chi connectivity index (χ3n) is 5.53. The van der Waals surface area contributed by atoms with Crippen LogP contribution < -0.4 is 10.6 Å². The van der Waals surface area contributed by atoms with E-state index in [0.29, 0.717) is 0 Å². The number of hydrogen-bond acceptors (Lipinski definition) is 0. The molecule has 4 rings (SSSR count). The van der Waals surface area contributed by atoms with Crippen LogP contribution >= 0.6 is 15.8 Å². The summed E-state index contributed by atoms with van der Waals surface area (Å²) in [5.41, 5.74) is 2.93. The highest BCUT2D eigenvalue weighted by atomic mass is 31.1. The van der Waals surface area contributed by atoms with E-state index in [1.165, 1.54) is 52.8 Å². The molecule has 0 bridgehead atoms. The summed E-state index contributed by atoms with van der Waals surface area (Å²) in [6.45, 7) is 0. The van der Waals surface area contributed by atoms with Gasteiger partial charge in [0.2, 0.25) is 0 Å². The molecule has 31 heavy (non-hydrogen) atoms. The molecule has 0 amide bonds. The Morgan fingerprint density at radius 1 is 0.387 bits per heavy atom. The molecular weight excluding hydrogens is 410 g/mol. The van der Waals surface area contributed by atoms with Gasteiger partial charge < -0.3 is 0 Å². The Labute approximate surface area is 189 Å². The molecule has 4 aromatic carbocycles. The van der Waals surface area contributed by atoms with Gasteiger partial charge in [0.25, 0.3) is 0 Å². The van der Waals surface area contributed by atoms with E-state index in [4.69, 9.17) is 0 Å². The second kappa shape index (κ2) is 12.0. The molecule has 0 aliphatic carbocycles. The molecule has 0 fully saturated rings. The van der Waals surface area contributed by atoms with Gasteiger partial charge >= 0.3 is 0 Å². The first-order valence-electron chi connectivity index (χ1n) is 11.1. The Morgan fingerprint density at radius 3 is 1.06 bits per heavy atom. The van der Waals surface area contributed by atoms with Crippen LogP contribution in [0, 0.1) is 0 Å². The highest BCUT2D eigenvalue weighted by molar-refractivity contribution is 7.65. The minimum Gasteiger partial charge on any atom is -0.0708 e. The predicted molar refractivity (Wildman–Crippen MR) is 141 cm³/mol. The Kier molecular flexibility index (Phi) is 8.46. The third kappa shape index (κ3) is 6.87. The van der Waals surface area contributed by atoms with Crippen LogP contribution in [0.4, 0.5) is 0 Å². The summed E-state index contributed by atoms with van der Waals surface area (Å²) in [6.07, 6.45) is 6.26. The molecule has 156 valence electrons. The zero-order valence-corrected chi connectivity index (χ0v) is 19.8. The lowest BCUT2D eigenvalue weighted by atomic mass is 10.2. The Balaban J connectivity index is 1.45. The molecule has 0 aromatic heterocycles. The van der Waals surface area contributed by atoms with Crippen molar-refractivity contribution < 1.29 is 0 Å². The standard InChI is InChI=1S/C29H30P2/c1-5-14-26(15-6-1)24-30(28-18-9-3-10-19-28)22-13-23-31(29-20-11-4-12-21-29)25-27-16-7-2-8-17-27/h1-12,14-21H,13,22-25H2/t30-,31-/m0/s1. The lowest BCUT2D eigenvalue weighted by Gasteiger charge is -2.22. The van der Waals surface area contributed by atoms with Crippen molar-refractivity contribution in [3.63, 3.8) is 0 Å². The van der Waals surface area contributed by atoms with Crippen LogP contribution in [-0.4, -0.2) is 12.3 Å². The molecule has 0 heterocycles. The van der Waals surface area contributed by atoms with Crippen molar-refractivity contribution in [2.24, 2.45) is 0 Å².